The predicted octanol–water partition coefficient (Wildman–Crippen LogP) is 3.52. The Morgan fingerprint density at radius 3 is 2.54 bits per heavy atom. The Kier molecular flexibility index (Phi) is 6.58. The summed E-state index contributed by atoms with van der Waals surface area (Å²) in [7, 11) is 0. The summed E-state index contributed by atoms with van der Waals surface area (Å²) < 4.78 is 6.80. The average molecular weight is 492 g/mol. The van der Waals surface area contributed by atoms with Crippen molar-refractivity contribution in [2.75, 3.05) is 13.2 Å². The number of nitro groups is 1. The number of nitrogens with zero attached hydrogens (tertiary/aromatic N) is 2. The molecule has 1 atom stereocenters. The van der Waals surface area contributed by atoms with Crippen molar-refractivity contribution in [2.24, 2.45) is 0 Å². The fourth-order valence-electron chi connectivity index (χ4n) is 2.52. The van der Waals surface area contributed by atoms with Gasteiger partial charge in [0.05, 0.1) is 17.4 Å². The highest BCUT2D eigenvalue weighted by atomic mass is 127. The molecule has 3 aromatic rings. The summed E-state index contributed by atoms with van der Waals surface area (Å²) in [5, 5.41) is 13.6. The summed E-state index contributed by atoms with van der Waals surface area (Å²) in [6.07, 6.45) is 3.34. The third-order valence-electron chi connectivity index (χ3n) is 4.02. The lowest BCUT2D eigenvalue weighted by molar-refractivity contribution is -0.384. The Hall–Kier alpha value is -2.95. The van der Waals surface area contributed by atoms with Crippen LogP contribution in [0.25, 0.3) is 0 Å². The van der Waals surface area contributed by atoms with E-state index in [-0.39, 0.29) is 24.1 Å². The minimum Gasteiger partial charge on any atom is -0.493 e. The van der Waals surface area contributed by atoms with Gasteiger partial charge in [0.25, 0.3) is 11.6 Å². The van der Waals surface area contributed by atoms with Gasteiger partial charge in [-0.25, -0.2) is 4.98 Å². The van der Waals surface area contributed by atoms with Gasteiger partial charge >= 0.3 is 0 Å². The van der Waals surface area contributed by atoms with Gasteiger partial charge in [-0.1, -0.05) is 0 Å². The van der Waals surface area contributed by atoms with Crippen LogP contribution in [0.1, 0.15) is 22.1 Å². The molecule has 8 nitrogen and oxygen atoms in total. The quantitative estimate of drug-likeness (QED) is 0.284. The van der Waals surface area contributed by atoms with Gasteiger partial charge in [-0.3, -0.25) is 14.9 Å². The molecule has 144 valence electrons. The molecule has 0 fully saturated rings. The van der Waals surface area contributed by atoms with Crippen LogP contribution in [0.5, 0.6) is 5.75 Å². The molecular weight excluding hydrogens is 475 g/mol. The number of nitrogens with one attached hydrogen (secondary N) is 2. The molecule has 0 aliphatic heterocycles. The van der Waals surface area contributed by atoms with Gasteiger partial charge in [-0.2, -0.15) is 0 Å². The average Bonchev–Trinajstić information content (AvgIpc) is 3.23. The molecule has 28 heavy (non-hydrogen) atoms. The highest BCUT2D eigenvalue weighted by molar-refractivity contribution is 14.1. The number of benzene rings is 2. The molecule has 0 spiro atoms. The number of non-ortho nitro benzene ring substituents is 1. The number of carbonyl (C=O) groups excluding carboxylic acids is 1. The number of carbonyl (C=O) groups is 1. The Balaban J connectivity index is 1.62. The van der Waals surface area contributed by atoms with E-state index in [9.17, 15) is 14.9 Å². The number of amides is 1. The second-order valence-corrected chi connectivity index (χ2v) is 7.20. The number of imidazole rings is 1. The van der Waals surface area contributed by atoms with Crippen LogP contribution in [0, 0.1) is 13.7 Å². The van der Waals surface area contributed by atoms with Crippen molar-refractivity contribution in [1.82, 2.24) is 15.3 Å². The number of hydrogen-bond acceptors (Lipinski definition) is 5. The number of aromatic nitrogens is 2. The van der Waals surface area contributed by atoms with Gasteiger partial charge in [0.2, 0.25) is 0 Å². The van der Waals surface area contributed by atoms with E-state index in [1.165, 1.54) is 12.1 Å². The molecule has 0 saturated heterocycles. The van der Waals surface area contributed by atoms with Crippen LogP contribution in [-0.2, 0) is 0 Å². The van der Waals surface area contributed by atoms with Crippen molar-refractivity contribution in [3.63, 3.8) is 0 Å². The second-order valence-electron chi connectivity index (χ2n) is 5.95. The van der Waals surface area contributed by atoms with Crippen LogP contribution >= 0.6 is 22.6 Å². The molecule has 9 heteroatoms. The number of halogens is 1. The molecule has 1 aromatic heterocycles. The van der Waals surface area contributed by atoms with E-state index in [0.29, 0.717) is 23.7 Å². The molecule has 1 unspecified atom stereocenters. The highest BCUT2D eigenvalue weighted by Gasteiger charge is 2.17. The Morgan fingerprint density at radius 1 is 1.21 bits per heavy atom. The Bertz CT molecular complexity index is 928. The van der Waals surface area contributed by atoms with E-state index in [1.807, 2.05) is 12.1 Å². The van der Waals surface area contributed by atoms with Gasteiger partial charge in [-0.05, 0) is 59.0 Å². The Labute approximate surface area is 174 Å². The fraction of sp³-hybridized carbons (Fsp3) is 0.158. The molecular formula is C19H17IN4O4. The molecule has 2 N–H and O–H groups in total. The molecule has 0 radical (unpaired) electrons. The van der Waals surface area contributed by atoms with E-state index in [2.05, 4.69) is 37.9 Å². The largest absolute Gasteiger partial charge is 0.493 e. The molecule has 1 heterocycles. The maximum atomic E-state index is 12.4. The van der Waals surface area contributed by atoms with E-state index in [0.717, 1.165) is 3.57 Å². The van der Waals surface area contributed by atoms with Crippen LogP contribution in [-0.4, -0.2) is 34.0 Å². The van der Waals surface area contributed by atoms with Crippen molar-refractivity contribution in [3.05, 3.63) is 86.0 Å². The van der Waals surface area contributed by atoms with Gasteiger partial charge in [0.15, 0.2) is 0 Å². The van der Waals surface area contributed by atoms with Crippen molar-refractivity contribution in [3.8, 4) is 5.75 Å². The van der Waals surface area contributed by atoms with Crippen LogP contribution < -0.4 is 10.1 Å². The lowest BCUT2D eigenvalue weighted by Crippen LogP contribution is -2.31. The van der Waals surface area contributed by atoms with E-state index in [4.69, 9.17) is 4.74 Å². The van der Waals surface area contributed by atoms with E-state index in [1.54, 1.807) is 36.7 Å². The Morgan fingerprint density at radius 2 is 1.93 bits per heavy atom. The molecule has 1 amide bonds. The minimum atomic E-state index is -0.463. The van der Waals surface area contributed by atoms with Crippen LogP contribution in [0.3, 0.4) is 0 Å². The fourth-order valence-corrected chi connectivity index (χ4v) is 2.87. The number of H-pyrrole nitrogens is 1. The molecule has 0 aliphatic carbocycles. The maximum Gasteiger partial charge on any atom is 0.269 e. The van der Waals surface area contributed by atoms with Crippen LogP contribution in [0.15, 0.2) is 60.9 Å². The predicted molar refractivity (Wildman–Crippen MR) is 111 cm³/mol. The van der Waals surface area contributed by atoms with Crippen LogP contribution in [0.2, 0.25) is 0 Å². The molecule has 3 rings (SSSR count). The van der Waals surface area contributed by atoms with Gasteiger partial charge in [0.1, 0.15) is 11.6 Å². The van der Waals surface area contributed by atoms with Crippen LogP contribution in [0.4, 0.5) is 5.69 Å². The number of nitro benzene ring substituents is 1. The summed E-state index contributed by atoms with van der Waals surface area (Å²) in [4.78, 5) is 29.9. The third-order valence-corrected chi connectivity index (χ3v) is 4.74. The summed E-state index contributed by atoms with van der Waals surface area (Å²) in [6.45, 7) is 0.573. The zero-order valence-corrected chi connectivity index (χ0v) is 16.8. The highest BCUT2D eigenvalue weighted by Crippen LogP contribution is 2.19. The zero-order valence-electron chi connectivity index (χ0n) is 14.7. The third kappa shape index (κ3) is 5.28. The first-order valence-corrected chi connectivity index (χ1v) is 9.51. The lowest BCUT2D eigenvalue weighted by Gasteiger charge is -2.17. The topological polar surface area (TPSA) is 110 Å². The SMILES string of the molecule is O=C(NCC(COc1ccc([N+](=O)[O-])cc1)c1ncc[nH]1)c1ccc(I)cc1. The van der Waals surface area contributed by atoms with Crippen molar-refractivity contribution < 1.29 is 14.5 Å². The summed E-state index contributed by atoms with van der Waals surface area (Å²) in [5.41, 5.74) is 0.578. The number of ether oxygens (including phenoxy) is 1. The number of aromatic amines is 1. The molecule has 0 saturated carbocycles. The maximum absolute atomic E-state index is 12.4. The standard InChI is InChI=1S/C19H17IN4O4/c20-15-3-1-13(2-4-15)19(25)23-11-14(18-21-9-10-22-18)12-28-17-7-5-16(6-8-17)24(26)27/h1-10,14H,11-12H2,(H,21,22)(H,23,25). The first kappa shape index (κ1) is 19.8. The second kappa shape index (κ2) is 9.31. The normalized spacial score (nSPS) is 11.6. The van der Waals surface area contributed by atoms with Gasteiger partial charge < -0.3 is 15.0 Å². The van der Waals surface area contributed by atoms with Gasteiger partial charge in [0, 0.05) is 40.2 Å². The molecule has 0 aliphatic rings. The minimum absolute atomic E-state index is 0.000259. The number of rotatable bonds is 8. The molecule has 2 aromatic carbocycles. The van der Waals surface area contributed by atoms with Crippen molar-refractivity contribution >= 4 is 34.2 Å². The summed E-state index contributed by atoms with van der Waals surface area (Å²) in [5.74, 6) is 0.803. The van der Waals surface area contributed by atoms with E-state index >= 15 is 0 Å². The number of hydrogen-bond donors (Lipinski definition) is 2. The van der Waals surface area contributed by atoms with Gasteiger partial charge in [-0.15, -0.1) is 0 Å². The summed E-state index contributed by atoms with van der Waals surface area (Å²) in [6, 6.07) is 13.1. The smallest absolute Gasteiger partial charge is 0.269 e. The zero-order chi connectivity index (χ0) is 19.9. The van der Waals surface area contributed by atoms with Crippen molar-refractivity contribution in [1.29, 1.82) is 0 Å². The molecule has 0 bridgehead atoms. The van der Waals surface area contributed by atoms with E-state index < -0.39 is 4.92 Å². The first-order chi connectivity index (χ1) is 13.5. The lowest BCUT2D eigenvalue weighted by atomic mass is 10.1. The summed E-state index contributed by atoms with van der Waals surface area (Å²) >= 11 is 2.18. The van der Waals surface area contributed by atoms with Crippen molar-refractivity contribution in [2.45, 2.75) is 5.92 Å². The first-order valence-electron chi connectivity index (χ1n) is 8.43. The monoisotopic (exact) mass is 492 g/mol.